The third-order valence-electron chi connectivity index (χ3n) is 3.16. The van der Waals surface area contributed by atoms with Crippen LogP contribution >= 0.6 is 0 Å². The van der Waals surface area contributed by atoms with Crippen molar-refractivity contribution < 1.29 is 9.53 Å². The summed E-state index contributed by atoms with van der Waals surface area (Å²) in [7, 11) is 1.88. The summed E-state index contributed by atoms with van der Waals surface area (Å²) >= 11 is 0. The topological polar surface area (TPSA) is 56.2 Å². The molecule has 0 aliphatic heterocycles. The summed E-state index contributed by atoms with van der Waals surface area (Å²) in [5.41, 5.74) is 2.10. The van der Waals surface area contributed by atoms with Crippen molar-refractivity contribution in [3.8, 4) is 0 Å². The van der Waals surface area contributed by atoms with Crippen LogP contribution < -0.4 is 5.32 Å². The average Bonchev–Trinajstić information content (AvgIpc) is 2.91. The molecule has 0 aliphatic carbocycles. The Morgan fingerprint density at radius 3 is 2.76 bits per heavy atom. The maximum Gasteiger partial charge on any atom is 0.310 e. The Balaban J connectivity index is 1.67. The fraction of sp³-hybridized carbons (Fsp3) is 0.375. The van der Waals surface area contributed by atoms with E-state index in [4.69, 9.17) is 4.74 Å². The number of carbonyl (C=O) groups excluding carboxylic acids is 1. The van der Waals surface area contributed by atoms with Gasteiger partial charge >= 0.3 is 5.97 Å². The normalized spacial score (nSPS) is 12.1. The zero-order chi connectivity index (χ0) is 15.1. The van der Waals surface area contributed by atoms with Gasteiger partial charge in [-0.15, -0.1) is 0 Å². The van der Waals surface area contributed by atoms with Crippen molar-refractivity contribution in [1.29, 1.82) is 0 Å². The van der Waals surface area contributed by atoms with Crippen LogP contribution in [0.5, 0.6) is 0 Å². The van der Waals surface area contributed by atoms with E-state index in [1.54, 1.807) is 4.68 Å². The molecule has 5 nitrogen and oxygen atoms in total. The molecule has 0 radical (unpaired) electrons. The van der Waals surface area contributed by atoms with E-state index < -0.39 is 0 Å². The molecule has 1 unspecified atom stereocenters. The van der Waals surface area contributed by atoms with Crippen LogP contribution in [0.4, 0.5) is 0 Å². The number of ether oxygens (including phenoxy) is 1. The number of carbonyl (C=O) groups is 1. The van der Waals surface area contributed by atoms with Gasteiger partial charge in [0, 0.05) is 31.9 Å². The number of nitrogens with zero attached hydrogens (tertiary/aromatic N) is 2. The molecular formula is C16H21N3O2. The Morgan fingerprint density at radius 1 is 1.33 bits per heavy atom. The van der Waals surface area contributed by atoms with Crippen LogP contribution in [0.25, 0.3) is 0 Å². The second-order valence-corrected chi connectivity index (χ2v) is 5.15. The van der Waals surface area contributed by atoms with Crippen LogP contribution in [0.2, 0.25) is 0 Å². The van der Waals surface area contributed by atoms with Crippen LogP contribution in [-0.2, 0) is 29.7 Å². The third-order valence-corrected chi connectivity index (χ3v) is 3.16. The first-order valence-electron chi connectivity index (χ1n) is 7.04. The number of rotatable bonds is 7. The van der Waals surface area contributed by atoms with E-state index in [9.17, 15) is 4.79 Å². The molecule has 0 saturated heterocycles. The summed E-state index contributed by atoms with van der Waals surface area (Å²) in [4.78, 5) is 11.9. The fourth-order valence-corrected chi connectivity index (χ4v) is 1.95. The summed E-state index contributed by atoms with van der Waals surface area (Å²) < 4.78 is 7.06. The second-order valence-electron chi connectivity index (χ2n) is 5.15. The number of hydrogen-bond donors (Lipinski definition) is 1. The Labute approximate surface area is 124 Å². The largest absolute Gasteiger partial charge is 0.461 e. The van der Waals surface area contributed by atoms with Crippen LogP contribution in [0.1, 0.15) is 18.1 Å². The zero-order valence-electron chi connectivity index (χ0n) is 12.5. The zero-order valence-corrected chi connectivity index (χ0v) is 12.5. The Morgan fingerprint density at radius 2 is 2.10 bits per heavy atom. The average molecular weight is 287 g/mol. The number of aryl methyl sites for hydroxylation is 1. The molecule has 1 heterocycles. The monoisotopic (exact) mass is 287 g/mol. The molecule has 1 aromatic heterocycles. The summed E-state index contributed by atoms with van der Waals surface area (Å²) in [6, 6.07) is 9.69. The predicted molar refractivity (Wildman–Crippen MR) is 80.3 cm³/mol. The highest BCUT2D eigenvalue weighted by Crippen LogP contribution is 2.05. The molecule has 1 N–H and O–H groups in total. The molecule has 1 aromatic carbocycles. The van der Waals surface area contributed by atoms with E-state index in [0.29, 0.717) is 19.7 Å². The molecule has 21 heavy (non-hydrogen) atoms. The van der Waals surface area contributed by atoms with Crippen LogP contribution in [0.3, 0.4) is 0 Å². The molecule has 0 fully saturated rings. The number of nitrogens with one attached hydrogen (secondary N) is 1. The van der Waals surface area contributed by atoms with Gasteiger partial charge in [0.15, 0.2) is 0 Å². The Kier molecular flexibility index (Phi) is 5.51. The number of benzene rings is 1. The third kappa shape index (κ3) is 5.04. The lowest BCUT2D eigenvalue weighted by atomic mass is 10.2. The van der Waals surface area contributed by atoms with E-state index >= 15 is 0 Å². The van der Waals surface area contributed by atoms with Crippen molar-refractivity contribution in [1.82, 2.24) is 15.1 Å². The summed E-state index contributed by atoms with van der Waals surface area (Å²) in [5, 5.41) is 7.34. The first kappa shape index (κ1) is 15.3. The quantitative estimate of drug-likeness (QED) is 0.790. The van der Waals surface area contributed by atoms with Crippen molar-refractivity contribution in [2.75, 3.05) is 6.54 Å². The van der Waals surface area contributed by atoms with Crippen LogP contribution in [-0.4, -0.2) is 22.3 Å². The minimum Gasteiger partial charge on any atom is -0.461 e. The molecule has 0 bridgehead atoms. The highest BCUT2D eigenvalue weighted by molar-refractivity contribution is 5.72. The minimum absolute atomic E-state index is 0.176. The Bertz CT molecular complexity index is 566. The van der Waals surface area contributed by atoms with E-state index in [0.717, 1.165) is 11.1 Å². The summed E-state index contributed by atoms with van der Waals surface area (Å²) in [5.74, 6) is -0.358. The van der Waals surface area contributed by atoms with Crippen LogP contribution in [0, 0.1) is 5.92 Å². The van der Waals surface area contributed by atoms with Crippen LogP contribution in [0.15, 0.2) is 42.7 Å². The summed E-state index contributed by atoms with van der Waals surface area (Å²) in [6.45, 7) is 3.48. The lowest BCUT2D eigenvalue weighted by Gasteiger charge is -2.12. The molecule has 2 aromatic rings. The molecule has 0 aliphatic rings. The van der Waals surface area contributed by atoms with Crippen molar-refractivity contribution in [2.24, 2.45) is 13.0 Å². The van der Waals surface area contributed by atoms with Crippen molar-refractivity contribution in [3.63, 3.8) is 0 Å². The predicted octanol–water partition coefficient (Wildman–Crippen LogP) is 1.89. The number of esters is 1. The van der Waals surface area contributed by atoms with Gasteiger partial charge in [-0.05, 0) is 5.56 Å². The molecule has 0 amide bonds. The van der Waals surface area contributed by atoms with E-state index in [1.807, 2.05) is 56.7 Å². The van der Waals surface area contributed by atoms with E-state index in [1.165, 1.54) is 0 Å². The highest BCUT2D eigenvalue weighted by Gasteiger charge is 2.14. The number of hydrogen-bond acceptors (Lipinski definition) is 4. The van der Waals surface area contributed by atoms with Crippen molar-refractivity contribution in [2.45, 2.75) is 20.1 Å². The molecule has 112 valence electrons. The molecule has 0 spiro atoms. The van der Waals surface area contributed by atoms with Gasteiger partial charge in [-0.25, -0.2) is 0 Å². The maximum absolute atomic E-state index is 11.9. The lowest BCUT2D eigenvalue weighted by Crippen LogP contribution is -2.27. The van der Waals surface area contributed by atoms with Gasteiger partial charge in [-0.1, -0.05) is 37.3 Å². The van der Waals surface area contributed by atoms with Gasteiger partial charge in [-0.2, -0.15) is 5.10 Å². The smallest absolute Gasteiger partial charge is 0.310 e. The maximum atomic E-state index is 11.9. The second kappa shape index (κ2) is 7.59. The van der Waals surface area contributed by atoms with E-state index in [-0.39, 0.29) is 11.9 Å². The molecule has 1 atom stereocenters. The highest BCUT2D eigenvalue weighted by atomic mass is 16.5. The Hall–Kier alpha value is -2.14. The van der Waals surface area contributed by atoms with Gasteiger partial charge < -0.3 is 10.1 Å². The molecule has 2 rings (SSSR count). The molecule has 5 heteroatoms. The fourth-order valence-electron chi connectivity index (χ4n) is 1.95. The van der Waals surface area contributed by atoms with Crippen molar-refractivity contribution >= 4 is 5.97 Å². The van der Waals surface area contributed by atoms with Gasteiger partial charge in [0.1, 0.15) is 6.61 Å². The molecule has 0 saturated carbocycles. The standard InChI is InChI=1S/C16H21N3O2/c1-13(8-17-9-15-10-18-19(2)11-15)16(20)21-12-14-6-4-3-5-7-14/h3-7,10-11,13,17H,8-9,12H2,1-2H3. The first-order valence-corrected chi connectivity index (χ1v) is 7.04. The van der Waals surface area contributed by atoms with Gasteiger partial charge in [0.05, 0.1) is 12.1 Å². The van der Waals surface area contributed by atoms with Crippen molar-refractivity contribution in [3.05, 3.63) is 53.9 Å². The SMILES string of the molecule is CC(CNCc1cnn(C)c1)C(=O)OCc1ccccc1. The molecular weight excluding hydrogens is 266 g/mol. The first-order chi connectivity index (χ1) is 10.1. The number of aromatic nitrogens is 2. The van der Waals surface area contributed by atoms with Gasteiger partial charge in [-0.3, -0.25) is 9.48 Å². The van der Waals surface area contributed by atoms with E-state index in [2.05, 4.69) is 10.4 Å². The lowest BCUT2D eigenvalue weighted by molar-refractivity contribution is -0.149. The minimum atomic E-state index is -0.183. The summed E-state index contributed by atoms with van der Waals surface area (Å²) in [6.07, 6.45) is 3.76. The van der Waals surface area contributed by atoms with Gasteiger partial charge in [0.25, 0.3) is 0 Å². The van der Waals surface area contributed by atoms with Gasteiger partial charge in [0.2, 0.25) is 0 Å².